The summed E-state index contributed by atoms with van der Waals surface area (Å²) < 4.78 is 5.24. The molecular formula is C12H18N2O2. The van der Waals surface area contributed by atoms with Crippen molar-refractivity contribution < 1.29 is 9.53 Å². The monoisotopic (exact) mass is 222 g/mol. The Morgan fingerprint density at radius 2 is 1.75 bits per heavy atom. The van der Waals surface area contributed by atoms with Gasteiger partial charge in [0.15, 0.2) is 0 Å². The fourth-order valence-corrected chi connectivity index (χ4v) is 1.17. The smallest absolute Gasteiger partial charge is 0.338 e. The van der Waals surface area contributed by atoms with Crippen molar-refractivity contribution in [3.05, 3.63) is 29.8 Å². The predicted molar refractivity (Wildman–Crippen MR) is 64.2 cm³/mol. The normalized spacial score (nSPS) is 11.1. The molecule has 0 saturated heterocycles. The molecule has 88 valence electrons. The molecule has 16 heavy (non-hydrogen) atoms. The molecular weight excluding hydrogens is 204 g/mol. The third-order valence-electron chi connectivity index (χ3n) is 1.91. The molecule has 0 radical (unpaired) electrons. The van der Waals surface area contributed by atoms with Gasteiger partial charge in [-0.25, -0.2) is 10.6 Å². The lowest BCUT2D eigenvalue weighted by atomic mass is 10.1. The van der Waals surface area contributed by atoms with Crippen molar-refractivity contribution in [2.75, 3.05) is 12.1 Å². The van der Waals surface area contributed by atoms with E-state index in [9.17, 15) is 4.79 Å². The van der Waals surface area contributed by atoms with Crippen LogP contribution in [0.2, 0.25) is 0 Å². The van der Waals surface area contributed by atoms with Crippen LogP contribution in [0.3, 0.4) is 0 Å². The largest absolute Gasteiger partial charge is 0.456 e. The first-order valence-electron chi connectivity index (χ1n) is 5.11. The Morgan fingerprint density at radius 1 is 1.25 bits per heavy atom. The summed E-state index contributed by atoms with van der Waals surface area (Å²) in [5.74, 6) is 5.24. The standard InChI is InChI=1S/C12H18N2O2/c1-12(2,3)16-11(15)9-5-7-10(8-6-9)14(4)13/h5-8H,13H2,1-4H3. The predicted octanol–water partition coefficient (Wildman–Crippen LogP) is 1.95. The molecule has 0 bridgehead atoms. The van der Waals surface area contributed by atoms with Crippen molar-refractivity contribution in [1.29, 1.82) is 0 Å². The van der Waals surface area contributed by atoms with Gasteiger partial charge in [0.2, 0.25) is 0 Å². The summed E-state index contributed by atoms with van der Waals surface area (Å²) >= 11 is 0. The number of esters is 1. The van der Waals surface area contributed by atoms with E-state index in [-0.39, 0.29) is 5.97 Å². The van der Waals surface area contributed by atoms with Crippen LogP contribution in [0, 0.1) is 0 Å². The molecule has 0 unspecified atom stereocenters. The molecule has 0 aliphatic heterocycles. The molecule has 0 aliphatic carbocycles. The fourth-order valence-electron chi connectivity index (χ4n) is 1.17. The Bertz CT molecular complexity index is 364. The molecule has 0 aliphatic rings. The van der Waals surface area contributed by atoms with Crippen LogP contribution in [-0.2, 0) is 4.74 Å². The maximum atomic E-state index is 11.7. The highest BCUT2D eigenvalue weighted by Crippen LogP contribution is 2.15. The van der Waals surface area contributed by atoms with Crippen LogP contribution in [0.15, 0.2) is 24.3 Å². The summed E-state index contributed by atoms with van der Waals surface area (Å²) in [6.07, 6.45) is 0. The average Bonchev–Trinajstić information content (AvgIpc) is 2.15. The lowest BCUT2D eigenvalue weighted by molar-refractivity contribution is 0.00696. The molecule has 0 aromatic heterocycles. The van der Waals surface area contributed by atoms with E-state index in [0.717, 1.165) is 5.69 Å². The number of carbonyl (C=O) groups is 1. The third kappa shape index (κ3) is 3.55. The number of anilines is 1. The van der Waals surface area contributed by atoms with E-state index < -0.39 is 5.60 Å². The maximum absolute atomic E-state index is 11.7. The summed E-state index contributed by atoms with van der Waals surface area (Å²) in [5, 5.41) is 1.48. The maximum Gasteiger partial charge on any atom is 0.338 e. The molecule has 1 aromatic rings. The zero-order valence-electron chi connectivity index (χ0n) is 10.2. The second-order valence-corrected chi connectivity index (χ2v) is 4.66. The molecule has 4 nitrogen and oxygen atoms in total. The van der Waals surface area contributed by atoms with Gasteiger partial charge in [-0.2, -0.15) is 0 Å². The van der Waals surface area contributed by atoms with Crippen LogP contribution in [0.5, 0.6) is 0 Å². The number of benzene rings is 1. The zero-order chi connectivity index (χ0) is 12.3. The summed E-state index contributed by atoms with van der Waals surface area (Å²) in [5.41, 5.74) is 0.897. The molecule has 0 spiro atoms. The van der Waals surface area contributed by atoms with Gasteiger partial charge >= 0.3 is 5.97 Å². The highest BCUT2D eigenvalue weighted by atomic mass is 16.6. The Balaban J connectivity index is 2.78. The minimum Gasteiger partial charge on any atom is -0.456 e. The van der Waals surface area contributed by atoms with E-state index in [1.807, 2.05) is 20.8 Å². The molecule has 0 atom stereocenters. The van der Waals surface area contributed by atoms with E-state index in [2.05, 4.69) is 0 Å². The summed E-state index contributed by atoms with van der Waals surface area (Å²) in [6, 6.07) is 6.96. The van der Waals surface area contributed by atoms with Crippen molar-refractivity contribution in [2.45, 2.75) is 26.4 Å². The number of hydrogen-bond acceptors (Lipinski definition) is 4. The zero-order valence-corrected chi connectivity index (χ0v) is 10.2. The van der Waals surface area contributed by atoms with Gasteiger partial charge < -0.3 is 9.75 Å². The first-order chi connectivity index (χ1) is 7.29. The van der Waals surface area contributed by atoms with E-state index in [0.29, 0.717) is 5.56 Å². The van der Waals surface area contributed by atoms with Crippen molar-refractivity contribution in [2.24, 2.45) is 5.84 Å². The van der Waals surface area contributed by atoms with Gasteiger partial charge in [-0.05, 0) is 45.0 Å². The number of ether oxygens (including phenoxy) is 1. The molecule has 0 fully saturated rings. The third-order valence-corrected chi connectivity index (χ3v) is 1.91. The summed E-state index contributed by atoms with van der Waals surface area (Å²) in [6.45, 7) is 5.52. The molecule has 0 heterocycles. The average molecular weight is 222 g/mol. The van der Waals surface area contributed by atoms with Crippen LogP contribution in [0.1, 0.15) is 31.1 Å². The number of nitrogens with two attached hydrogens (primary N) is 1. The van der Waals surface area contributed by atoms with Crippen molar-refractivity contribution in [3.8, 4) is 0 Å². The first-order valence-corrected chi connectivity index (χ1v) is 5.11. The van der Waals surface area contributed by atoms with E-state index in [4.69, 9.17) is 10.6 Å². The second kappa shape index (κ2) is 4.53. The topological polar surface area (TPSA) is 55.6 Å². The van der Waals surface area contributed by atoms with Crippen molar-refractivity contribution in [3.63, 3.8) is 0 Å². The molecule has 1 aromatic carbocycles. The number of hydrogen-bond donors (Lipinski definition) is 1. The molecule has 1 rings (SSSR count). The Labute approximate surface area is 96.0 Å². The van der Waals surface area contributed by atoms with Crippen LogP contribution in [0.4, 0.5) is 5.69 Å². The van der Waals surface area contributed by atoms with Crippen LogP contribution >= 0.6 is 0 Å². The van der Waals surface area contributed by atoms with Gasteiger partial charge in [-0.1, -0.05) is 0 Å². The van der Waals surface area contributed by atoms with Gasteiger partial charge in [0.1, 0.15) is 5.60 Å². The second-order valence-electron chi connectivity index (χ2n) is 4.66. The van der Waals surface area contributed by atoms with E-state index in [1.165, 1.54) is 5.01 Å². The highest BCUT2D eigenvalue weighted by Gasteiger charge is 2.17. The molecule has 0 saturated carbocycles. The Hall–Kier alpha value is -1.55. The van der Waals surface area contributed by atoms with E-state index >= 15 is 0 Å². The van der Waals surface area contributed by atoms with E-state index in [1.54, 1.807) is 31.3 Å². The lowest BCUT2D eigenvalue weighted by Crippen LogP contribution is -2.25. The van der Waals surface area contributed by atoms with Crippen LogP contribution in [-0.4, -0.2) is 18.6 Å². The summed E-state index contributed by atoms with van der Waals surface area (Å²) in [7, 11) is 1.74. The summed E-state index contributed by atoms with van der Waals surface area (Å²) in [4.78, 5) is 11.7. The highest BCUT2D eigenvalue weighted by molar-refractivity contribution is 5.90. The number of rotatable bonds is 2. The Kier molecular flexibility index (Phi) is 3.55. The van der Waals surface area contributed by atoms with Crippen LogP contribution in [0.25, 0.3) is 0 Å². The van der Waals surface area contributed by atoms with Gasteiger partial charge in [0.25, 0.3) is 0 Å². The van der Waals surface area contributed by atoms with Crippen molar-refractivity contribution >= 4 is 11.7 Å². The van der Waals surface area contributed by atoms with Crippen LogP contribution < -0.4 is 10.9 Å². The first kappa shape index (κ1) is 12.5. The van der Waals surface area contributed by atoms with Gasteiger partial charge in [0.05, 0.1) is 11.3 Å². The molecule has 4 heteroatoms. The van der Waals surface area contributed by atoms with Gasteiger partial charge in [0, 0.05) is 7.05 Å². The number of hydrazine groups is 1. The quantitative estimate of drug-likeness (QED) is 0.472. The molecule has 0 amide bonds. The van der Waals surface area contributed by atoms with Gasteiger partial charge in [-0.3, -0.25) is 0 Å². The fraction of sp³-hybridized carbons (Fsp3) is 0.417. The van der Waals surface area contributed by atoms with Gasteiger partial charge in [-0.15, -0.1) is 0 Å². The van der Waals surface area contributed by atoms with Crippen molar-refractivity contribution in [1.82, 2.24) is 0 Å². The SMILES string of the molecule is CN(N)c1ccc(C(=O)OC(C)(C)C)cc1. The lowest BCUT2D eigenvalue weighted by Gasteiger charge is -2.19. The Morgan fingerprint density at radius 3 is 2.12 bits per heavy atom. The number of carbonyl (C=O) groups excluding carboxylic acids is 1. The minimum atomic E-state index is -0.472. The minimum absolute atomic E-state index is 0.321. The number of nitrogens with zero attached hydrogens (tertiary/aromatic N) is 1. The molecule has 2 N–H and O–H groups in total.